The molecule has 0 spiro atoms. The van der Waals surface area contributed by atoms with Gasteiger partial charge in [0.25, 0.3) is 5.56 Å². The Hall–Kier alpha value is -2.67. The average Bonchev–Trinajstić information content (AvgIpc) is 2.55. The molecule has 24 heavy (non-hydrogen) atoms. The van der Waals surface area contributed by atoms with Gasteiger partial charge in [-0.15, -0.1) is 0 Å². The second-order valence-corrected chi connectivity index (χ2v) is 5.25. The zero-order chi connectivity index (χ0) is 17.3. The number of hydrogen-bond acceptors (Lipinski definition) is 3. The van der Waals surface area contributed by atoms with Gasteiger partial charge in [-0.05, 0) is 36.4 Å². The summed E-state index contributed by atoms with van der Waals surface area (Å²) in [6.07, 6.45) is -2.92. The van der Waals surface area contributed by atoms with Crippen LogP contribution in [-0.4, -0.2) is 21.3 Å². The van der Waals surface area contributed by atoms with E-state index in [9.17, 15) is 18.0 Å². The zero-order valence-electron chi connectivity index (χ0n) is 12.4. The molecule has 7 heteroatoms. The number of pyridine rings is 2. The van der Waals surface area contributed by atoms with Crippen molar-refractivity contribution in [2.24, 2.45) is 0 Å². The van der Waals surface area contributed by atoms with Gasteiger partial charge in [0.1, 0.15) is 5.65 Å². The smallest absolute Gasteiger partial charge is 0.396 e. The lowest BCUT2D eigenvalue weighted by Crippen LogP contribution is -2.24. The van der Waals surface area contributed by atoms with Crippen molar-refractivity contribution >= 4 is 11.0 Å². The third-order valence-corrected chi connectivity index (χ3v) is 3.65. The van der Waals surface area contributed by atoms with Gasteiger partial charge in [0.15, 0.2) is 0 Å². The van der Waals surface area contributed by atoms with Gasteiger partial charge in [-0.1, -0.05) is 6.07 Å². The molecule has 124 valence electrons. The molecule has 0 unspecified atom stereocenters. The number of aliphatic hydroxyl groups is 1. The first-order chi connectivity index (χ1) is 11.4. The number of aromatic nitrogens is 2. The molecular weight excluding hydrogens is 321 g/mol. The second-order valence-electron chi connectivity index (χ2n) is 5.25. The third-order valence-electron chi connectivity index (χ3n) is 3.65. The highest BCUT2D eigenvalue weighted by Gasteiger charge is 2.30. The number of nitrogens with zero attached hydrogens (tertiary/aromatic N) is 2. The number of aliphatic hydroxyl groups excluding tert-OH is 1. The van der Waals surface area contributed by atoms with Crippen molar-refractivity contribution in [3.05, 3.63) is 70.1 Å². The van der Waals surface area contributed by atoms with Crippen LogP contribution >= 0.6 is 0 Å². The summed E-state index contributed by atoms with van der Waals surface area (Å²) < 4.78 is 40.0. The van der Waals surface area contributed by atoms with Gasteiger partial charge in [0.05, 0.1) is 11.3 Å². The summed E-state index contributed by atoms with van der Waals surface area (Å²) in [6, 6.07) is 9.52. The molecule has 1 aromatic carbocycles. The quantitative estimate of drug-likeness (QED) is 0.801. The first-order valence-electron chi connectivity index (χ1n) is 7.20. The van der Waals surface area contributed by atoms with Crippen LogP contribution in [0.15, 0.2) is 53.5 Å². The van der Waals surface area contributed by atoms with Crippen LogP contribution in [0, 0.1) is 0 Å². The van der Waals surface area contributed by atoms with Crippen LogP contribution in [0.2, 0.25) is 0 Å². The largest absolute Gasteiger partial charge is 0.416 e. The van der Waals surface area contributed by atoms with Crippen molar-refractivity contribution in [2.45, 2.75) is 12.6 Å². The summed E-state index contributed by atoms with van der Waals surface area (Å²) in [7, 11) is 0. The molecule has 0 atom stereocenters. The Labute approximate surface area is 134 Å². The molecule has 0 amide bonds. The fourth-order valence-corrected chi connectivity index (χ4v) is 2.56. The standard InChI is InChI=1S/C17H13F3N2O2/c18-17(19,20)13-4-1-5-14(10-13)22-15-11(3-2-7-21-15)9-12(6-8-23)16(22)24/h1-5,7,9-10,23H,6,8H2. The van der Waals surface area contributed by atoms with Crippen LogP contribution in [0.5, 0.6) is 0 Å². The van der Waals surface area contributed by atoms with E-state index in [2.05, 4.69) is 4.98 Å². The molecule has 2 heterocycles. The van der Waals surface area contributed by atoms with Crippen molar-refractivity contribution < 1.29 is 18.3 Å². The zero-order valence-corrected chi connectivity index (χ0v) is 12.4. The maximum Gasteiger partial charge on any atom is 0.416 e. The van der Waals surface area contributed by atoms with E-state index < -0.39 is 17.3 Å². The van der Waals surface area contributed by atoms with Crippen LogP contribution in [0.3, 0.4) is 0 Å². The van der Waals surface area contributed by atoms with E-state index in [1.165, 1.54) is 18.3 Å². The summed E-state index contributed by atoms with van der Waals surface area (Å²) >= 11 is 0. The highest BCUT2D eigenvalue weighted by atomic mass is 19.4. The second kappa shape index (κ2) is 6.09. The minimum atomic E-state index is -4.51. The van der Waals surface area contributed by atoms with Gasteiger partial charge in [-0.2, -0.15) is 13.2 Å². The van der Waals surface area contributed by atoms with E-state index in [0.717, 1.165) is 16.7 Å². The molecule has 3 rings (SSSR count). The fourth-order valence-electron chi connectivity index (χ4n) is 2.56. The summed E-state index contributed by atoms with van der Waals surface area (Å²) in [4.78, 5) is 16.8. The number of fused-ring (bicyclic) bond motifs is 1. The van der Waals surface area contributed by atoms with E-state index in [1.54, 1.807) is 18.2 Å². The first-order valence-corrected chi connectivity index (χ1v) is 7.20. The molecule has 0 saturated heterocycles. The molecule has 2 aromatic heterocycles. The molecule has 0 saturated carbocycles. The lowest BCUT2D eigenvalue weighted by atomic mass is 10.1. The molecule has 0 aliphatic rings. The van der Waals surface area contributed by atoms with Gasteiger partial charge < -0.3 is 5.11 Å². The molecule has 0 bridgehead atoms. The Morgan fingerprint density at radius 2 is 1.92 bits per heavy atom. The van der Waals surface area contributed by atoms with Gasteiger partial charge >= 0.3 is 6.18 Å². The highest BCUT2D eigenvalue weighted by molar-refractivity contribution is 5.77. The van der Waals surface area contributed by atoms with E-state index in [-0.39, 0.29) is 24.4 Å². The molecule has 0 radical (unpaired) electrons. The number of benzene rings is 1. The van der Waals surface area contributed by atoms with E-state index in [1.807, 2.05) is 0 Å². The van der Waals surface area contributed by atoms with Crippen LogP contribution < -0.4 is 5.56 Å². The molecule has 0 aliphatic carbocycles. The normalized spacial score (nSPS) is 11.8. The molecule has 0 aliphatic heterocycles. The third kappa shape index (κ3) is 2.90. The first kappa shape index (κ1) is 16.2. The molecule has 0 fully saturated rings. The Morgan fingerprint density at radius 1 is 1.12 bits per heavy atom. The van der Waals surface area contributed by atoms with Crippen LogP contribution in [-0.2, 0) is 12.6 Å². The Kier molecular flexibility index (Phi) is 4.11. The lowest BCUT2D eigenvalue weighted by molar-refractivity contribution is -0.137. The summed E-state index contributed by atoms with van der Waals surface area (Å²) in [5.41, 5.74) is -0.671. The van der Waals surface area contributed by atoms with Crippen LogP contribution in [0.1, 0.15) is 11.1 Å². The van der Waals surface area contributed by atoms with Crippen molar-refractivity contribution in [3.8, 4) is 5.69 Å². The van der Waals surface area contributed by atoms with Gasteiger partial charge in [0, 0.05) is 30.2 Å². The number of hydrogen-bond donors (Lipinski definition) is 1. The van der Waals surface area contributed by atoms with Gasteiger partial charge in [-0.3, -0.25) is 9.36 Å². The summed E-state index contributed by atoms with van der Waals surface area (Å²) in [5.74, 6) is 0. The van der Waals surface area contributed by atoms with Gasteiger partial charge in [-0.25, -0.2) is 4.98 Å². The predicted octanol–water partition coefficient (Wildman–Crippen LogP) is 2.94. The number of halogens is 3. The summed E-state index contributed by atoms with van der Waals surface area (Å²) in [6.45, 7) is -0.233. The highest BCUT2D eigenvalue weighted by Crippen LogP contribution is 2.30. The topological polar surface area (TPSA) is 55.1 Å². The predicted molar refractivity (Wildman–Crippen MR) is 83.1 cm³/mol. The van der Waals surface area contributed by atoms with E-state index >= 15 is 0 Å². The molecule has 1 N–H and O–H groups in total. The maximum absolute atomic E-state index is 13.0. The SMILES string of the molecule is O=c1c(CCO)cc2cccnc2n1-c1cccc(C(F)(F)F)c1. The van der Waals surface area contributed by atoms with Crippen molar-refractivity contribution in [1.82, 2.24) is 9.55 Å². The van der Waals surface area contributed by atoms with Crippen molar-refractivity contribution in [1.29, 1.82) is 0 Å². The lowest BCUT2D eigenvalue weighted by Gasteiger charge is -2.14. The van der Waals surface area contributed by atoms with Crippen molar-refractivity contribution in [3.63, 3.8) is 0 Å². The Balaban J connectivity index is 2.33. The maximum atomic E-state index is 13.0. The van der Waals surface area contributed by atoms with Crippen LogP contribution in [0.25, 0.3) is 16.7 Å². The minimum Gasteiger partial charge on any atom is -0.396 e. The summed E-state index contributed by atoms with van der Waals surface area (Å²) in [5, 5.41) is 9.73. The number of rotatable bonds is 3. The Morgan fingerprint density at radius 3 is 2.62 bits per heavy atom. The van der Waals surface area contributed by atoms with Crippen molar-refractivity contribution in [2.75, 3.05) is 6.61 Å². The van der Waals surface area contributed by atoms with E-state index in [0.29, 0.717) is 10.9 Å². The average molecular weight is 334 g/mol. The molecular formula is C17H13F3N2O2. The molecule has 4 nitrogen and oxygen atoms in total. The molecule has 3 aromatic rings. The minimum absolute atomic E-state index is 0.0818. The Bertz CT molecular complexity index is 948. The number of alkyl halides is 3. The fraction of sp³-hybridized carbons (Fsp3) is 0.176. The van der Waals surface area contributed by atoms with Gasteiger partial charge in [0.2, 0.25) is 0 Å². The van der Waals surface area contributed by atoms with Crippen LogP contribution in [0.4, 0.5) is 13.2 Å². The van der Waals surface area contributed by atoms with E-state index in [4.69, 9.17) is 5.11 Å². The monoisotopic (exact) mass is 334 g/mol.